The number of nitrogens with two attached hydrogens (primary N) is 1. The topological polar surface area (TPSA) is 86.9 Å². The highest BCUT2D eigenvalue weighted by atomic mass is 15.3. The molecule has 0 bridgehead atoms. The summed E-state index contributed by atoms with van der Waals surface area (Å²) in [6, 6.07) is 6.01. The lowest BCUT2D eigenvalue weighted by atomic mass is 10.1. The Labute approximate surface area is 145 Å². The van der Waals surface area contributed by atoms with E-state index in [-0.39, 0.29) is 5.95 Å². The summed E-state index contributed by atoms with van der Waals surface area (Å²) in [5, 5.41) is 4.19. The predicted molar refractivity (Wildman–Crippen MR) is 98.1 cm³/mol. The van der Waals surface area contributed by atoms with Gasteiger partial charge in [-0.15, -0.1) is 5.10 Å². The number of aryl methyl sites for hydroxylation is 1. The number of hydrogen-bond acceptors (Lipinski definition) is 5. The molecule has 4 heterocycles. The second-order valence-corrected chi connectivity index (χ2v) is 6.50. The van der Waals surface area contributed by atoms with Crippen molar-refractivity contribution in [1.29, 1.82) is 0 Å². The van der Waals surface area contributed by atoms with Crippen LogP contribution in [0.5, 0.6) is 0 Å². The molecule has 0 aromatic carbocycles. The van der Waals surface area contributed by atoms with Crippen LogP contribution in [0.2, 0.25) is 0 Å². The number of fused-ring (bicyclic) bond motifs is 2. The van der Waals surface area contributed by atoms with Gasteiger partial charge >= 0.3 is 0 Å². The molecule has 25 heavy (non-hydrogen) atoms. The third kappa shape index (κ3) is 2.61. The molecular weight excluding hydrogens is 314 g/mol. The summed E-state index contributed by atoms with van der Waals surface area (Å²) in [4.78, 5) is 13.7. The molecule has 7 nitrogen and oxygen atoms in total. The third-order valence-corrected chi connectivity index (χ3v) is 4.68. The molecule has 0 aliphatic carbocycles. The quantitative estimate of drug-likeness (QED) is 0.619. The highest BCUT2D eigenvalue weighted by Gasteiger charge is 2.14. The van der Waals surface area contributed by atoms with Gasteiger partial charge < -0.3 is 10.3 Å². The highest BCUT2D eigenvalue weighted by Crippen LogP contribution is 2.26. The first-order valence-corrected chi connectivity index (χ1v) is 8.51. The van der Waals surface area contributed by atoms with E-state index in [1.165, 1.54) is 0 Å². The number of anilines is 1. The number of aromatic nitrogens is 6. The van der Waals surface area contributed by atoms with E-state index < -0.39 is 0 Å². The van der Waals surface area contributed by atoms with E-state index in [1.807, 2.05) is 31.3 Å². The molecule has 0 amide bonds. The molecule has 2 N–H and O–H groups in total. The molecule has 0 aliphatic rings. The Morgan fingerprint density at radius 1 is 1.20 bits per heavy atom. The van der Waals surface area contributed by atoms with Crippen LogP contribution >= 0.6 is 0 Å². The molecular formula is C18H21N7. The van der Waals surface area contributed by atoms with Crippen LogP contribution in [-0.2, 0) is 6.54 Å². The van der Waals surface area contributed by atoms with E-state index in [4.69, 9.17) is 10.7 Å². The summed E-state index contributed by atoms with van der Waals surface area (Å²) in [7, 11) is 0. The van der Waals surface area contributed by atoms with Crippen LogP contribution in [0.25, 0.3) is 27.9 Å². The van der Waals surface area contributed by atoms with Crippen LogP contribution in [0.4, 0.5) is 5.95 Å². The number of nitrogen functional groups attached to an aromatic ring is 1. The van der Waals surface area contributed by atoms with Gasteiger partial charge in [0.05, 0.1) is 17.4 Å². The highest BCUT2D eigenvalue weighted by molar-refractivity contribution is 5.82. The van der Waals surface area contributed by atoms with E-state index in [9.17, 15) is 0 Å². The molecule has 0 aliphatic heterocycles. The van der Waals surface area contributed by atoms with Crippen molar-refractivity contribution in [3.63, 3.8) is 0 Å². The van der Waals surface area contributed by atoms with Crippen molar-refractivity contribution in [3.8, 4) is 11.3 Å². The molecule has 4 aromatic heterocycles. The number of nitrogens with zero attached hydrogens (tertiary/aromatic N) is 6. The second-order valence-electron chi connectivity index (χ2n) is 6.50. The maximum atomic E-state index is 5.66. The number of rotatable bonds is 4. The molecule has 4 rings (SSSR count). The Morgan fingerprint density at radius 3 is 2.84 bits per heavy atom. The molecule has 0 saturated carbocycles. The fourth-order valence-corrected chi connectivity index (χ4v) is 3.05. The maximum absolute atomic E-state index is 5.66. The van der Waals surface area contributed by atoms with Crippen LogP contribution < -0.4 is 5.73 Å². The van der Waals surface area contributed by atoms with Gasteiger partial charge in [0.25, 0.3) is 0 Å². The minimum Gasteiger partial charge on any atom is -0.367 e. The summed E-state index contributed by atoms with van der Waals surface area (Å²) in [5.74, 6) is 1.83. The van der Waals surface area contributed by atoms with Gasteiger partial charge in [-0.1, -0.05) is 20.3 Å². The summed E-state index contributed by atoms with van der Waals surface area (Å²) < 4.78 is 3.94. The van der Waals surface area contributed by atoms with Crippen molar-refractivity contribution >= 4 is 22.6 Å². The van der Waals surface area contributed by atoms with Gasteiger partial charge in [0.2, 0.25) is 5.95 Å². The average molecular weight is 335 g/mol. The normalized spacial score (nSPS) is 12.9. The van der Waals surface area contributed by atoms with Gasteiger partial charge in [0.1, 0.15) is 11.3 Å². The Hall–Kier alpha value is -2.96. The molecule has 128 valence electrons. The van der Waals surface area contributed by atoms with Gasteiger partial charge in [-0.2, -0.15) is 0 Å². The fraction of sp³-hybridized carbons (Fsp3) is 0.333. The van der Waals surface area contributed by atoms with Crippen molar-refractivity contribution < 1.29 is 0 Å². The van der Waals surface area contributed by atoms with E-state index >= 15 is 0 Å². The van der Waals surface area contributed by atoms with E-state index in [2.05, 4.69) is 33.5 Å². The summed E-state index contributed by atoms with van der Waals surface area (Å²) in [6.45, 7) is 7.41. The number of pyridine rings is 1. The maximum Gasteiger partial charge on any atom is 0.238 e. The van der Waals surface area contributed by atoms with Gasteiger partial charge in [0.15, 0.2) is 5.65 Å². The van der Waals surface area contributed by atoms with Crippen LogP contribution in [-0.4, -0.2) is 29.1 Å². The number of hydrogen-bond donors (Lipinski definition) is 1. The summed E-state index contributed by atoms with van der Waals surface area (Å²) >= 11 is 0. The lowest BCUT2D eigenvalue weighted by Crippen LogP contribution is -2.09. The first-order valence-electron chi connectivity index (χ1n) is 8.51. The zero-order chi connectivity index (χ0) is 17.6. The third-order valence-electron chi connectivity index (χ3n) is 4.68. The monoisotopic (exact) mass is 335 g/mol. The Morgan fingerprint density at radius 2 is 2.04 bits per heavy atom. The zero-order valence-electron chi connectivity index (χ0n) is 14.6. The first kappa shape index (κ1) is 15.6. The van der Waals surface area contributed by atoms with Crippen LogP contribution in [0.1, 0.15) is 26.1 Å². The molecule has 7 heteroatoms. The minimum atomic E-state index is 0.250. The fourth-order valence-electron chi connectivity index (χ4n) is 3.05. The van der Waals surface area contributed by atoms with E-state index in [1.54, 1.807) is 10.7 Å². The number of imidazole rings is 1. The smallest absolute Gasteiger partial charge is 0.238 e. The second kappa shape index (κ2) is 5.84. The predicted octanol–water partition coefficient (Wildman–Crippen LogP) is 3.08. The van der Waals surface area contributed by atoms with Gasteiger partial charge in [-0.3, -0.25) is 0 Å². The largest absolute Gasteiger partial charge is 0.367 e. The van der Waals surface area contributed by atoms with Crippen molar-refractivity contribution in [3.05, 3.63) is 36.4 Å². The Balaban J connectivity index is 1.86. The van der Waals surface area contributed by atoms with Crippen molar-refractivity contribution in [1.82, 2.24) is 29.1 Å². The molecule has 4 aromatic rings. The van der Waals surface area contributed by atoms with Crippen molar-refractivity contribution in [2.45, 2.75) is 33.7 Å². The van der Waals surface area contributed by atoms with Crippen molar-refractivity contribution in [2.24, 2.45) is 5.92 Å². The van der Waals surface area contributed by atoms with Crippen molar-refractivity contribution in [2.75, 3.05) is 5.73 Å². The molecule has 1 unspecified atom stereocenters. The lowest BCUT2D eigenvalue weighted by Gasteiger charge is -2.12. The zero-order valence-corrected chi connectivity index (χ0v) is 14.6. The van der Waals surface area contributed by atoms with Crippen LogP contribution in [0, 0.1) is 12.8 Å². The molecule has 0 fully saturated rings. The van der Waals surface area contributed by atoms with Gasteiger partial charge in [-0.05, 0) is 31.0 Å². The summed E-state index contributed by atoms with van der Waals surface area (Å²) in [5.41, 5.74) is 10.3. The first-order chi connectivity index (χ1) is 12.1. The standard InChI is InChI=1S/C18H21N7/c1-4-11(2)10-24-12(3)21-15-6-5-14(22-17(15)24)13-7-8-25-16(13)9-20-18(19)23-25/h5-9,11H,4,10H2,1-3H3,(H2,19,23). The summed E-state index contributed by atoms with van der Waals surface area (Å²) in [6.07, 6.45) is 4.73. The SMILES string of the molecule is CCC(C)Cn1c(C)nc2ccc(-c3ccn4nc(N)ncc34)nc21. The Bertz CT molecular complexity index is 1060. The molecule has 0 spiro atoms. The molecule has 0 radical (unpaired) electrons. The van der Waals surface area contributed by atoms with E-state index in [0.29, 0.717) is 5.92 Å². The van der Waals surface area contributed by atoms with Gasteiger partial charge in [0, 0.05) is 18.3 Å². The molecule has 1 atom stereocenters. The van der Waals surface area contributed by atoms with Gasteiger partial charge in [-0.25, -0.2) is 19.5 Å². The average Bonchev–Trinajstić information content (AvgIpc) is 3.15. The van der Waals surface area contributed by atoms with Crippen LogP contribution in [0.3, 0.4) is 0 Å². The van der Waals surface area contributed by atoms with Crippen LogP contribution in [0.15, 0.2) is 30.6 Å². The molecule has 0 saturated heterocycles. The minimum absolute atomic E-state index is 0.250. The Kier molecular flexibility index (Phi) is 3.63. The lowest BCUT2D eigenvalue weighted by molar-refractivity contribution is 0.468. The van der Waals surface area contributed by atoms with E-state index in [0.717, 1.165) is 46.7 Å².